The Morgan fingerprint density at radius 2 is 2.07 bits per heavy atom. The van der Waals surface area contributed by atoms with Crippen LogP contribution in [0.5, 0.6) is 5.75 Å². The first-order chi connectivity index (χ1) is 13.0. The molecule has 140 valence electrons. The molecule has 6 nitrogen and oxygen atoms in total. The highest BCUT2D eigenvalue weighted by Crippen LogP contribution is 2.32. The van der Waals surface area contributed by atoms with Crippen molar-refractivity contribution >= 4 is 46.2 Å². The summed E-state index contributed by atoms with van der Waals surface area (Å²) in [6.07, 6.45) is 4.03. The molecule has 0 bridgehead atoms. The summed E-state index contributed by atoms with van der Waals surface area (Å²) in [5.41, 5.74) is 1.02. The van der Waals surface area contributed by atoms with Gasteiger partial charge in [0.2, 0.25) is 5.91 Å². The lowest BCUT2D eigenvalue weighted by atomic mass is 10.1. The third-order valence-corrected chi connectivity index (χ3v) is 5.30. The Labute approximate surface area is 166 Å². The molecule has 0 atom stereocenters. The van der Waals surface area contributed by atoms with Crippen LogP contribution in [0.15, 0.2) is 52.0 Å². The number of rotatable bonds is 7. The molecule has 1 saturated heterocycles. The monoisotopic (exact) mass is 402 g/mol. The van der Waals surface area contributed by atoms with Gasteiger partial charge in [0, 0.05) is 25.6 Å². The number of furan rings is 1. The lowest BCUT2D eigenvalue weighted by Gasteiger charge is -2.14. The minimum Gasteiger partial charge on any atom is -0.508 e. The van der Waals surface area contributed by atoms with Crippen LogP contribution >= 0.6 is 24.0 Å². The second-order valence-electron chi connectivity index (χ2n) is 5.87. The predicted molar refractivity (Wildman–Crippen MR) is 108 cm³/mol. The molecular weight excluding hydrogens is 384 g/mol. The number of nitrogens with one attached hydrogen (secondary N) is 1. The van der Waals surface area contributed by atoms with Crippen LogP contribution in [-0.2, 0) is 16.0 Å². The molecule has 3 rings (SSSR count). The van der Waals surface area contributed by atoms with Gasteiger partial charge in [-0.1, -0.05) is 36.1 Å². The molecule has 2 aromatic rings. The number of nitrogens with zero attached hydrogens (tertiary/aromatic N) is 1. The van der Waals surface area contributed by atoms with E-state index in [9.17, 15) is 14.7 Å². The van der Waals surface area contributed by atoms with Crippen molar-refractivity contribution in [1.29, 1.82) is 0 Å². The fraction of sp³-hybridized carbons (Fsp3) is 0.211. The Morgan fingerprint density at radius 1 is 1.30 bits per heavy atom. The fourth-order valence-corrected chi connectivity index (χ4v) is 3.79. The molecule has 0 radical (unpaired) electrons. The summed E-state index contributed by atoms with van der Waals surface area (Å²) in [7, 11) is 0. The number of carbonyl (C=O) groups is 2. The highest BCUT2D eigenvalue weighted by atomic mass is 32.2. The molecule has 0 saturated carbocycles. The third kappa shape index (κ3) is 5.21. The van der Waals surface area contributed by atoms with Gasteiger partial charge in [-0.2, -0.15) is 0 Å². The van der Waals surface area contributed by atoms with E-state index in [0.29, 0.717) is 28.0 Å². The minimum atomic E-state index is -0.210. The van der Waals surface area contributed by atoms with Gasteiger partial charge in [-0.3, -0.25) is 14.5 Å². The van der Waals surface area contributed by atoms with Crippen molar-refractivity contribution < 1.29 is 19.1 Å². The standard InChI is InChI=1S/C19H18N2O4S2/c22-14-5-3-13(4-6-14)7-9-20-17(23)8-10-21-18(24)16(27-19(21)26)12-15-2-1-11-25-15/h1-6,11-12,22H,7-10H2,(H,20,23)/b16-12-. The lowest BCUT2D eigenvalue weighted by molar-refractivity contribution is -0.123. The summed E-state index contributed by atoms with van der Waals surface area (Å²) in [6.45, 7) is 0.728. The summed E-state index contributed by atoms with van der Waals surface area (Å²) in [5.74, 6) is 0.450. The third-order valence-electron chi connectivity index (χ3n) is 3.92. The van der Waals surface area contributed by atoms with Gasteiger partial charge in [-0.15, -0.1) is 0 Å². The van der Waals surface area contributed by atoms with E-state index in [1.165, 1.54) is 22.9 Å². The first-order valence-electron chi connectivity index (χ1n) is 8.36. The molecule has 1 aromatic heterocycles. The summed E-state index contributed by atoms with van der Waals surface area (Å²) in [4.78, 5) is 26.4. The van der Waals surface area contributed by atoms with E-state index < -0.39 is 0 Å². The molecule has 1 aliphatic rings. The van der Waals surface area contributed by atoms with Gasteiger partial charge in [0.05, 0.1) is 11.2 Å². The number of amides is 2. The van der Waals surface area contributed by atoms with E-state index in [0.717, 1.165) is 5.56 Å². The molecule has 0 spiro atoms. The summed E-state index contributed by atoms with van der Waals surface area (Å²) in [5, 5.41) is 12.1. The van der Waals surface area contributed by atoms with Gasteiger partial charge in [-0.05, 0) is 36.2 Å². The van der Waals surface area contributed by atoms with Gasteiger partial charge in [-0.25, -0.2) is 0 Å². The van der Waals surface area contributed by atoms with Gasteiger partial charge in [0.15, 0.2) is 0 Å². The van der Waals surface area contributed by atoms with Crippen LogP contribution in [0.1, 0.15) is 17.7 Å². The summed E-state index contributed by atoms with van der Waals surface area (Å²) >= 11 is 6.45. The van der Waals surface area contributed by atoms with E-state index in [1.54, 1.807) is 30.3 Å². The van der Waals surface area contributed by atoms with E-state index in [4.69, 9.17) is 16.6 Å². The average Bonchev–Trinajstić information content (AvgIpc) is 3.24. The molecule has 1 aliphatic heterocycles. The number of thiocarbonyl (C=S) groups is 1. The number of carbonyl (C=O) groups excluding carboxylic acids is 2. The van der Waals surface area contributed by atoms with Crippen molar-refractivity contribution in [2.45, 2.75) is 12.8 Å². The van der Waals surface area contributed by atoms with Crippen LogP contribution in [0.4, 0.5) is 0 Å². The quantitative estimate of drug-likeness (QED) is 0.547. The van der Waals surface area contributed by atoms with E-state index >= 15 is 0 Å². The highest BCUT2D eigenvalue weighted by molar-refractivity contribution is 8.26. The van der Waals surface area contributed by atoms with Crippen molar-refractivity contribution in [2.75, 3.05) is 13.1 Å². The number of thioether (sulfide) groups is 1. The minimum absolute atomic E-state index is 0.141. The summed E-state index contributed by atoms with van der Waals surface area (Å²) < 4.78 is 5.66. The Morgan fingerprint density at radius 3 is 2.78 bits per heavy atom. The molecule has 1 aromatic carbocycles. The van der Waals surface area contributed by atoms with E-state index in [-0.39, 0.29) is 30.5 Å². The Hall–Kier alpha value is -2.58. The van der Waals surface area contributed by atoms with Gasteiger partial charge >= 0.3 is 0 Å². The smallest absolute Gasteiger partial charge is 0.266 e. The number of hydrogen-bond donors (Lipinski definition) is 2. The van der Waals surface area contributed by atoms with Crippen LogP contribution in [0.25, 0.3) is 6.08 Å². The number of hydrogen-bond acceptors (Lipinski definition) is 6. The molecule has 1 fully saturated rings. The highest BCUT2D eigenvalue weighted by Gasteiger charge is 2.32. The Kier molecular flexibility index (Phi) is 6.31. The molecule has 0 aliphatic carbocycles. The van der Waals surface area contributed by atoms with Crippen LogP contribution in [0.3, 0.4) is 0 Å². The average molecular weight is 402 g/mol. The Bertz CT molecular complexity index is 860. The number of benzene rings is 1. The number of phenolic OH excluding ortho intramolecular Hbond substituents is 1. The van der Waals surface area contributed by atoms with E-state index in [1.807, 2.05) is 12.1 Å². The Balaban J connectivity index is 1.45. The SMILES string of the molecule is O=C(CCN1C(=O)/C(=C/c2ccco2)SC1=S)NCCc1ccc(O)cc1. The predicted octanol–water partition coefficient (Wildman–Crippen LogP) is 2.94. The molecule has 0 unspecified atom stereocenters. The van der Waals surface area contributed by atoms with Gasteiger partial charge in [0.1, 0.15) is 15.8 Å². The first kappa shape index (κ1) is 19.2. The molecule has 8 heteroatoms. The topological polar surface area (TPSA) is 82.8 Å². The maximum absolute atomic E-state index is 12.4. The van der Waals surface area contributed by atoms with Gasteiger partial charge in [0.25, 0.3) is 5.91 Å². The van der Waals surface area contributed by atoms with Crippen molar-refractivity contribution in [2.24, 2.45) is 0 Å². The fourth-order valence-electron chi connectivity index (χ4n) is 2.51. The maximum atomic E-state index is 12.4. The molecule has 2 N–H and O–H groups in total. The maximum Gasteiger partial charge on any atom is 0.266 e. The first-order valence-corrected chi connectivity index (χ1v) is 9.59. The van der Waals surface area contributed by atoms with Gasteiger partial charge < -0.3 is 14.8 Å². The zero-order chi connectivity index (χ0) is 19.2. The largest absolute Gasteiger partial charge is 0.508 e. The van der Waals surface area contributed by atoms with E-state index in [2.05, 4.69) is 5.32 Å². The van der Waals surface area contributed by atoms with Crippen molar-refractivity contribution in [1.82, 2.24) is 10.2 Å². The van der Waals surface area contributed by atoms with Crippen molar-refractivity contribution in [3.05, 3.63) is 58.9 Å². The van der Waals surface area contributed by atoms with Crippen molar-refractivity contribution in [3.63, 3.8) is 0 Å². The number of phenols is 1. The van der Waals surface area contributed by atoms with Crippen LogP contribution in [0.2, 0.25) is 0 Å². The zero-order valence-electron chi connectivity index (χ0n) is 14.4. The number of aromatic hydroxyl groups is 1. The zero-order valence-corrected chi connectivity index (χ0v) is 16.0. The van der Waals surface area contributed by atoms with Crippen LogP contribution in [0, 0.1) is 0 Å². The molecule has 2 heterocycles. The second kappa shape index (κ2) is 8.88. The van der Waals surface area contributed by atoms with Crippen molar-refractivity contribution in [3.8, 4) is 5.75 Å². The van der Waals surface area contributed by atoms with Crippen LogP contribution in [-0.4, -0.2) is 39.2 Å². The van der Waals surface area contributed by atoms with Crippen LogP contribution < -0.4 is 5.32 Å². The summed E-state index contributed by atoms with van der Waals surface area (Å²) in [6, 6.07) is 10.4. The normalized spacial score (nSPS) is 15.6. The second-order valence-corrected chi connectivity index (χ2v) is 7.54. The lowest BCUT2D eigenvalue weighted by Crippen LogP contribution is -2.34. The molecule has 27 heavy (non-hydrogen) atoms. The molecule has 2 amide bonds. The molecular formula is C19H18N2O4S2.